The Kier molecular flexibility index (Phi) is 9.64. The van der Waals surface area contributed by atoms with E-state index in [9.17, 15) is 19.1 Å². The molecular formula is C27H35FN4O3. The molecule has 35 heavy (non-hydrogen) atoms. The molecule has 2 rings (SSSR count). The van der Waals surface area contributed by atoms with Crippen LogP contribution in [0.4, 0.5) is 10.1 Å². The molecule has 1 amide bonds. The molecule has 0 aliphatic rings. The lowest BCUT2D eigenvalue weighted by molar-refractivity contribution is 0.0973. The number of nitrogens with one attached hydrogen (secondary N) is 1. The molecule has 0 aliphatic heterocycles. The molecule has 0 aliphatic carbocycles. The molecule has 0 bridgehead atoms. The van der Waals surface area contributed by atoms with Crippen LogP contribution in [-0.2, 0) is 7.05 Å². The van der Waals surface area contributed by atoms with Crippen molar-refractivity contribution >= 4 is 17.4 Å². The van der Waals surface area contributed by atoms with Crippen LogP contribution >= 0.6 is 0 Å². The molecule has 0 spiro atoms. The highest BCUT2D eigenvalue weighted by Crippen LogP contribution is 2.26. The molecular weight excluding hydrogens is 447 g/mol. The number of anilines is 1. The number of nitriles is 1. The zero-order chi connectivity index (χ0) is 26.3. The highest BCUT2D eigenvalue weighted by atomic mass is 19.1. The fourth-order valence-corrected chi connectivity index (χ4v) is 4.12. The average molecular weight is 483 g/mol. The van der Waals surface area contributed by atoms with Crippen LogP contribution < -0.4 is 5.32 Å². The number of aliphatic hydroxyl groups is 1. The second-order valence-corrected chi connectivity index (χ2v) is 8.89. The molecule has 1 atom stereocenters. The number of halogens is 1. The summed E-state index contributed by atoms with van der Waals surface area (Å²) in [5, 5.41) is 21.8. The topological polar surface area (TPSA) is 98.4 Å². The minimum Gasteiger partial charge on any atom is -0.513 e. The van der Waals surface area contributed by atoms with Crippen LogP contribution in [0, 0.1) is 36.9 Å². The first-order valence-corrected chi connectivity index (χ1v) is 11.9. The molecule has 1 heterocycles. The molecule has 1 aromatic heterocycles. The number of nitrogens with zero attached hydrogens (tertiary/aromatic N) is 3. The molecule has 1 aromatic carbocycles. The zero-order valence-corrected chi connectivity index (χ0v) is 21.4. The number of hydrogen-bond acceptors (Lipinski definition) is 5. The Balaban J connectivity index is 2.40. The maximum absolute atomic E-state index is 13.6. The third-order valence-corrected chi connectivity index (χ3v) is 6.50. The summed E-state index contributed by atoms with van der Waals surface area (Å²) in [4.78, 5) is 28.6. The maximum atomic E-state index is 13.6. The summed E-state index contributed by atoms with van der Waals surface area (Å²) in [6.07, 6.45) is 3.59. The van der Waals surface area contributed by atoms with Crippen LogP contribution in [0.3, 0.4) is 0 Å². The summed E-state index contributed by atoms with van der Waals surface area (Å²) in [6, 6.07) is 5.51. The highest BCUT2D eigenvalue weighted by molar-refractivity contribution is 6.13. The molecule has 0 saturated heterocycles. The van der Waals surface area contributed by atoms with Crippen LogP contribution in [0.2, 0.25) is 0 Å². The molecule has 0 fully saturated rings. The van der Waals surface area contributed by atoms with Crippen molar-refractivity contribution in [2.24, 2.45) is 13.0 Å². The van der Waals surface area contributed by atoms with Crippen molar-refractivity contribution in [2.75, 3.05) is 18.4 Å². The minimum absolute atomic E-state index is 0.175. The van der Waals surface area contributed by atoms with Gasteiger partial charge < -0.3 is 19.9 Å². The fourth-order valence-electron chi connectivity index (χ4n) is 4.12. The van der Waals surface area contributed by atoms with Crippen LogP contribution in [-0.4, -0.2) is 39.4 Å². The lowest BCUT2D eigenvalue weighted by atomic mass is 10.0. The molecule has 0 saturated carbocycles. The van der Waals surface area contributed by atoms with Crippen LogP contribution in [0.25, 0.3) is 0 Å². The van der Waals surface area contributed by atoms with Crippen LogP contribution in [0.1, 0.15) is 77.7 Å². The van der Waals surface area contributed by atoms with E-state index in [2.05, 4.69) is 19.2 Å². The number of allylic oxidation sites excluding steroid dienone is 1. The summed E-state index contributed by atoms with van der Waals surface area (Å²) in [5.41, 5.74) is 1.98. The highest BCUT2D eigenvalue weighted by Gasteiger charge is 2.29. The Hall–Kier alpha value is -3.60. The van der Waals surface area contributed by atoms with Gasteiger partial charge in [0.25, 0.3) is 5.91 Å². The Labute approximate surface area is 206 Å². The van der Waals surface area contributed by atoms with Gasteiger partial charge in [0.1, 0.15) is 23.8 Å². The van der Waals surface area contributed by atoms with Gasteiger partial charge in [-0.3, -0.25) is 9.59 Å². The van der Waals surface area contributed by atoms with E-state index in [0.29, 0.717) is 41.5 Å². The molecule has 7 nitrogen and oxygen atoms in total. The van der Waals surface area contributed by atoms with Crippen molar-refractivity contribution in [3.8, 4) is 6.07 Å². The molecule has 2 N–H and O–H groups in total. The van der Waals surface area contributed by atoms with Crippen LogP contribution in [0.5, 0.6) is 0 Å². The standard InChI is InChI=1S/C27H35FN4O3/c1-7-12-32(13-11-17(3)8-2)23(16-33)26(34)25-18(4)24(19(5)31(25)6)27(35)30-21-9-10-22(28)20(14-21)15-29/h9-10,14,16-17,33H,7-8,11-13H2,1-6H3,(H,30,35)/b23-16-. The van der Waals surface area contributed by atoms with Gasteiger partial charge in [0.15, 0.2) is 0 Å². The van der Waals surface area contributed by atoms with Crippen molar-refractivity contribution in [1.82, 2.24) is 9.47 Å². The maximum Gasteiger partial charge on any atom is 0.257 e. The number of carbonyl (C=O) groups excluding carboxylic acids is 2. The average Bonchev–Trinajstić information content (AvgIpc) is 3.06. The molecule has 1 unspecified atom stereocenters. The molecule has 2 aromatic rings. The van der Waals surface area contributed by atoms with Gasteiger partial charge in [-0.1, -0.05) is 27.2 Å². The van der Waals surface area contributed by atoms with Gasteiger partial charge in [-0.25, -0.2) is 4.39 Å². The third kappa shape index (κ3) is 6.10. The largest absolute Gasteiger partial charge is 0.513 e. The Morgan fingerprint density at radius 2 is 1.97 bits per heavy atom. The second-order valence-electron chi connectivity index (χ2n) is 8.89. The van der Waals surface area contributed by atoms with E-state index in [1.54, 1.807) is 31.5 Å². The summed E-state index contributed by atoms with van der Waals surface area (Å²) < 4.78 is 15.3. The summed E-state index contributed by atoms with van der Waals surface area (Å²) in [7, 11) is 1.70. The number of aliphatic hydroxyl groups excluding tert-OH is 1. The number of Topliss-reactive ketones (excluding diaryl/α,β-unsaturated/α-hetero) is 1. The van der Waals surface area contributed by atoms with Crippen molar-refractivity contribution in [3.05, 3.63) is 64.1 Å². The van der Waals surface area contributed by atoms with E-state index >= 15 is 0 Å². The normalized spacial score (nSPS) is 12.2. The first kappa shape index (κ1) is 27.6. The monoisotopic (exact) mass is 482 g/mol. The smallest absolute Gasteiger partial charge is 0.257 e. The number of carbonyl (C=O) groups is 2. The summed E-state index contributed by atoms with van der Waals surface area (Å²) in [6.45, 7) is 11.0. The van der Waals surface area contributed by atoms with E-state index in [1.807, 2.05) is 11.8 Å². The van der Waals surface area contributed by atoms with E-state index in [0.717, 1.165) is 31.6 Å². The quantitative estimate of drug-likeness (QED) is 0.245. The van der Waals surface area contributed by atoms with Gasteiger partial charge in [-0.05, 0) is 56.4 Å². The van der Waals surface area contributed by atoms with Gasteiger partial charge in [-0.15, -0.1) is 0 Å². The predicted molar refractivity (Wildman–Crippen MR) is 135 cm³/mol. The number of benzene rings is 1. The van der Waals surface area contributed by atoms with Crippen molar-refractivity contribution in [1.29, 1.82) is 5.26 Å². The lowest BCUT2D eigenvalue weighted by Crippen LogP contribution is -2.31. The van der Waals surface area contributed by atoms with Crippen molar-refractivity contribution in [2.45, 2.75) is 53.9 Å². The van der Waals surface area contributed by atoms with E-state index in [1.165, 1.54) is 12.1 Å². The molecule has 188 valence electrons. The minimum atomic E-state index is -0.668. The van der Waals surface area contributed by atoms with Gasteiger partial charge >= 0.3 is 0 Å². The second kappa shape index (κ2) is 12.2. The van der Waals surface area contributed by atoms with E-state index in [4.69, 9.17) is 5.26 Å². The van der Waals surface area contributed by atoms with Gasteiger partial charge in [0, 0.05) is 31.5 Å². The number of amides is 1. The fraction of sp³-hybridized carbons (Fsp3) is 0.444. The Morgan fingerprint density at radius 1 is 1.29 bits per heavy atom. The predicted octanol–water partition coefficient (Wildman–Crippen LogP) is 5.64. The van der Waals surface area contributed by atoms with Gasteiger partial charge in [0.2, 0.25) is 5.78 Å². The SMILES string of the molecule is CCCN(CCC(C)CC)/C(=C\O)C(=O)c1c(C)c(C(=O)Nc2ccc(F)c(C#N)c2)c(C)n1C. The zero-order valence-electron chi connectivity index (χ0n) is 21.4. The molecule has 8 heteroatoms. The third-order valence-electron chi connectivity index (χ3n) is 6.50. The Bertz CT molecular complexity index is 1160. The number of ketones is 1. The number of aromatic nitrogens is 1. The number of hydrogen-bond donors (Lipinski definition) is 2. The molecule has 0 radical (unpaired) electrons. The number of rotatable bonds is 11. The van der Waals surface area contributed by atoms with Crippen LogP contribution in [0.15, 0.2) is 30.2 Å². The summed E-state index contributed by atoms with van der Waals surface area (Å²) >= 11 is 0. The van der Waals surface area contributed by atoms with Gasteiger partial charge in [0.05, 0.1) is 16.8 Å². The summed E-state index contributed by atoms with van der Waals surface area (Å²) in [5.74, 6) is -1.01. The van der Waals surface area contributed by atoms with Crippen molar-refractivity contribution < 1.29 is 19.1 Å². The van der Waals surface area contributed by atoms with Gasteiger partial charge in [-0.2, -0.15) is 5.26 Å². The first-order chi connectivity index (χ1) is 16.6. The van der Waals surface area contributed by atoms with Crippen molar-refractivity contribution in [3.63, 3.8) is 0 Å². The lowest BCUT2D eigenvalue weighted by Gasteiger charge is -2.27. The first-order valence-electron chi connectivity index (χ1n) is 11.9. The van der Waals surface area contributed by atoms with E-state index < -0.39 is 11.7 Å². The van der Waals surface area contributed by atoms with E-state index in [-0.39, 0.29) is 22.7 Å². The Morgan fingerprint density at radius 3 is 2.54 bits per heavy atom.